The Kier molecular flexibility index (Phi) is 2.51. The fraction of sp³-hybridized carbons (Fsp3) is 0.714. The summed E-state index contributed by atoms with van der Waals surface area (Å²) >= 11 is 1.66. The summed E-state index contributed by atoms with van der Waals surface area (Å²) in [6, 6.07) is 0. The Balaban J connectivity index is 1.56. The lowest BCUT2D eigenvalue weighted by Crippen LogP contribution is -2.34. The zero-order valence-corrected chi connectivity index (χ0v) is 12.0. The Hall–Kier alpha value is -0.940. The molecule has 1 amide bonds. The fourth-order valence-corrected chi connectivity index (χ4v) is 4.47. The first-order chi connectivity index (χ1) is 9.17. The van der Waals surface area contributed by atoms with Crippen LogP contribution in [0, 0.1) is 11.3 Å². The summed E-state index contributed by atoms with van der Waals surface area (Å²) in [6.07, 6.45) is 2.46. The van der Waals surface area contributed by atoms with Crippen molar-refractivity contribution in [2.75, 3.05) is 26.2 Å². The van der Waals surface area contributed by atoms with Crippen molar-refractivity contribution in [3.05, 3.63) is 16.1 Å². The van der Waals surface area contributed by atoms with Crippen molar-refractivity contribution in [3.63, 3.8) is 0 Å². The minimum atomic E-state index is 0.166. The van der Waals surface area contributed by atoms with Crippen LogP contribution in [0.1, 0.15) is 41.0 Å². The zero-order chi connectivity index (χ0) is 13.0. The second-order valence-corrected chi connectivity index (χ2v) is 7.39. The number of likely N-dealkylation sites (tertiary alicyclic amines) is 1. The maximum absolute atomic E-state index is 12.7. The highest BCUT2D eigenvalue weighted by molar-refractivity contribution is 7.10. The summed E-state index contributed by atoms with van der Waals surface area (Å²) in [5, 5.41) is 3.45. The lowest BCUT2D eigenvalue weighted by atomic mass is 9.83. The van der Waals surface area contributed by atoms with Crippen LogP contribution in [-0.2, 0) is 0 Å². The van der Waals surface area contributed by atoms with Gasteiger partial charge in [0.25, 0.3) is 5.91 Å². The van der Waals surface area contributed by atoms with Gasteiger partial charge in [0.15, 0.2) is 0 Å². The van der Waals surface area contributed by atoms with E-state index in [1.807, 2.05) is 10.4 Å². The summed E-state index contributed by atoms with van der Waals surface area (Å²) in [6.45, 7) is 6.16. The number of thiazole rings is 1. The Morgan fingerprint density at radius 3 is 3.16 bits per heavy atom. The number of carbonyl (C=O) groups is 1. The van der Waals surface area contributed by atoms with Gasteiger partial charge >= 0.3 is 0 Å². The van der Waals surface area contributed by atoms with E-state index >= 15 is 0 Å². The molecule has 102 valence electrons. The maximum atomic E-state index is 12.7. The molecule has 3 heterocycles. The van der Waals surface area contributed by atoms with Crippen LogP contribution in [-0.4, -0.2) is 42.0 Å². The van der Waals surface area contributed by atoms with Crippen molar-refractivity contribution < 1.29 is 4.79 Å². The highest BCUT2D eigenvalue weighted by Crippen LogP contribution is 2.44. The molecule has 1 aromatic rings. The zero-order valence-electron chi connectivity index (χ0n) is 11.2. The molecule has 3 fully saturated rings. The first-order valence-corrected chi connectivity index (χ1v) is 7.99. The van der Waals surface area contributed by atoms with Gasteiger partial charge in [-0.1, -0.05) is 6.92 Å². The average molecular weight is 277 g/mol. The van der Waals surface area contributed by atoms with Crippen molar-refractivity contribution in [1.82, 2.24) is 15.2 Å². The molecule has 4 nitrogen and oxygen atoms in total. The smallest absolute Gasteiger partial charge is 0.273 e. The molecule has 1 saturated carbocycles. The van der Waals surface area contributed by atoms with E-state index in [9.17, 15) is 4.79 Å². The second kappa shape index (κ2) is 4.03. The summed E-state index contributed by atoms with van der Waals surface area (Å²) in [4.78, 5) is 20.3. The Morgan fingerprint density at radius 2 is 2.42 bits per heavy atom. The average Bonchev–Trinajstić information content (AvgIpc) is 2.85. The van der Waals surface area contributed by atoms with Gasteiger partial charge in [0.1, 0.15) is 5.69 Å². The molecule has 1 N–H and O–H groups in total. The quantitative estimate of drug-likeness (QED) is 0.895. The van der Waals surface area contributed by atoms with Gasteiger partial charge in [-0.25, -0.2) is 4.98 Å². The lowest BCUT2D eigenvalue weighted by molar-refractivity contribution is 0.0767. The maximum Gasteiger partial charge on any atom is 0.273 e. The van der Waals surface area contributed by atoms with E-state index in [0.29, 0.717) is 11.8 Å². The number of nitrogens with zero attached hydrogens (tertiary/aromatic N) is 2. The minimum Gasteiger partial charge on any atom is -0.336 e. The first kappa shape index (κ1) is 11.9. The predicted molar refractivity (Wildman–Crippen MR) is 74.5 cm³/mol. The normalized spacial score (nSPS) is 33.7. The lowest BCUT2D eigenvalue weighted by Gasteiger charge is -2.22. The van der Waals surface area contributed by atoms with Gasteiger partial charge in [-0.3, -0.25) is 4.79 Å². The van der Waals surface area contributed by atoms with Crippen LogP contribution in [0.5, 0.6) is 0 Å². The van der Waals surface area contributed by atoms with Crippen molar-refractivity contribution >= 4 is 17.2 Å². The largest absolute Gasteiger partial charge is 0.336 e. The van der Waals surface area contributed by atoms with E-state index in [-0.39, 0.29) is 11.3 Å². The molecule has 1 aliphatic carbocycles. The molecule has 0 spiro atoms. The highest BCUT2D eigenvalue weighted by atomic mass is 32.1. The highest BCUT2D eigenvalue weighted by Gasteiger charge is 2.48. The van der Waals surface area contributed by atoms with Crippen molar-refractivity contribution in [3.8, 4) is 0 Å². The molecule has 2 aliphatic heterocycles. The van der Waals surface area contributed by atoms with Gasteiger partial charge in [0, 0.05) is 36.5 Å². The topological polar surface area (TPSA) is 45.2 Å². The van der Waals surface area contributed by atoms with Gasteiger partial charge in [-0.05, 0) is 24.7 Å². The van der Waals surface area contributed by atoms with Gasteiger partial charge in [0.05, 0.1) is 5.51 Å². The van der Waals surface area contributed by atoms with E-state index in [4.69, 9.17) is 0 Å². The Bertz CT molecular complexity index is 525. The second-order valence-electron chi connectivity index (χ2n) is 6.51. The van der Waals surface area contributed by atoms with E-state index in [2.05, 4.69) is 17.2 Å². The van der Waals surface area contributed by atoms with Crippen LogP contribution >= 0.6 is 11.3 Å². The predicted octanol–water partition coefficient (Wildman–Crippen LogP) is 1.70. The minimum absolute atomic E-state index is 0.166. The first-order valence-electron chi connectivity index (χ1n) is 7.11. The van der Waals surface area contributed by atoms with Crippen molar-refractivity contribution in [1.29, 1.82) is 0 Å². The summed E-state index contributed by atoms with van der Waals surface area (Å²) in [5.41, 5.74) is 2.84. The summed E-state index contributed by atoms with van der Waals surface area (Å²) in [5.74, 6) is 1.39. The molecule has 2 saturated heterocycles. The van der Waals surface area contributed by atoms with Crippen LogP contribution in [0.25, 0.3) is 0 Å². The number of hydrogen-bond donors (Lipinski definition) is 1. The van der Waals surface area contributed by atoms with Crippen LogP contribution in [0.3, 0.4) is 0 Å². The molecule has 3 aliphatic rings. The molecule has 0 unspecified atom stereocenters. The molecule has 0 aromatic carbocycles. The molecule has 0 bridgehead atoms. The number of amides is 1. The monoisotopic (exact) mass is 277 g/mol. The number of hydrogen-bond acceptors (Lipinski definition) is 4. The van der Waals surface area contributed by atoms with Crippen LogP contribution in [0.2, 0.25) is 0 Å². The SMILES string of the molecule is C[C@]12CNC[C@H]1CN(C(=O)c1ncsc1C1CC1)C2. The summed E-state index contributed by atoms with van der Waals surface area (Å²) < 4.78 is 0. The number of aromatic nitrogens is 1. The van der Waals surface area contributed by atoms with Gasteiger partial charge < -0.3 is 10.2 Å². The van der Waals surface area contributed by atoms with Crippen molar-refractivity contribution in [2.45, 2.75) is 25.7 Å². The molecule has 19 heavy (non-hydrogen) atoms. The Labute approximate surface area is 117 Å². The fourth-order valence-electron chi connectivity index (χ4n) is 3.51. The summed E-state index contributed by atoms with van der Waals surface area (Å²) in [7, 11) is 0. The van der Waals surface area contributed by atoms with E-state index < -0.39 is 0 Å². The van der Waals surface area contributed by atoms with E-state index in [1.54, 1.807) is 11.3 Å². The standard InChI is InChI=1S/C14H19N3OS/c1-14-6-15-4-10(14)5-17(7-14)13(18)11-12(9-2-3-9)19-8-16-11/h8-10,15H,2-7H2,1H3/t10-,14+/m0/s1. The number of carbonyl (C=O) groups excluding carboxylic acids is 1. The molecule has 0 radical (unpaired) electrons. The van der Waals surface area contributed by atoms with Crippen LogP contribution < -0.4 is 5.32 Å². The van der Waals surface area contributed by atoms with Crippen LogP contribution in [0.4, 0.5) is 0 Å². The third-order valence-electron chi connectivity index (χ3n) is 4.93. The number of nitrogens with one attached hydrogen (secondary N) is 1. The van der Waals surface area contributed by atoms with E-state index in [0.717, 1.165) is 31.9 Å². The van der Waals surface area contributed by atoms with Crippen LogP contribution in [0.15, 0.2) is 5.51 Å². The molecule has 5 heteroatoms. The number of fused-ring (bicyclic) bond motifs is 1. The van der Waals surface area contributed by atoms with Gasteiger partial charge in [-0.15, -0.1) is 11.3 Å². The molecular formula is C14H19N3OS. The van der Waals surface area contributed by atoms with Gasteiger partial charge in [0.2, 0.25) is 0 Å². The molecule has 2 atom stereocenters. The number of rotatable bonds is 2. The molecule has 4 rings (SSSR count). The van der Waals surface area contributed by atoms with Crippen molar-refractivity contribution in [2.24, 2.45) is 11.3 Å². The van der Waals surface area contributed by atoms with Gasteiger partial charge in [-0.2, -0.15) is 0 Å². The molecule has 1 aromatic heterocycles. The third-order valence-corrected chi connectivity index (χ3v) is 5.92. The Morgan fingerprint density at radius 1 is 1.58 bits per heavy atom. The third kappa shape index (κ3) is 1.82. The molecular weight excluding hydrogens is 258 g/mol. The van der Waals surface area contributed by atoms with E-state index in [1.165, 1.54) is 17.7 Å².